The molecule has 0 saturated carbocycles. The molecule has 1 aromatic carbocycles. The van der Waals surface area contributed by atoms with Gasteiger partial charge >= 0.3 is 8.60 Å². The maximum Gasteiger partial charge on any atom is 0.335 e. The molecule has 1 aromatic rings. The predicted octanol–water partition coefficient (Wildman–Crippen LogP) is 11.3. The quantitative estimate of drug-likeness (QED) is 0.331. The summed E-state index contributed by atoms with van der Waals surface area (Å²) in [5.41, 5.74) is 7.49. The molecule has 0 amide bonds. The van der Waals surface area contributed by atoms with Crippen molar-refractivity contribution in [3.63, 3.8) is 0 Å². The summed E-state index contributed by atoms with van der Waals surface area (Å²) < 4.78 is 13.0. The smallest absolute Gasteiger partial charge is 0.328 e. The normalized spacial score (nSPS) is 25.2. The zero-order chi connectivity index (χ0) is 30.5. The molecule has 1 aliphatic carbocycles. The Morgan fingerprint density at radius 2 is 1.35 bits per heavy atom. The summed E-state index contributed by atoms with van der Waals surface area (Å²) in [7, 11) is -1.90. The van der Waals surface area contributed by atoms with Crippen LogP contribution >= 0.6 is 8.60 Å². The van der Waals surface area contributed by atoms with Crippen LogP contribution in [-0.2, 0) is 19.9 Å². The van der Waals surface area contributed by atoms with Crippen molar-refractivity contribution in [3.05, 3.63) is 52.1 Å². The summed E-state index contributed by atoms with van der Waals surface area (Å²) in [6.45, 7) is 32.3. The maximum absolute atomic E-state index is 10.6. The zero-order valence-electron chi connectivity index (χ0n) is 28.2. The lowest BCUT2D eigenvalue weighted by Crippen LogP contribution is -2.56. The first-order chi connectivity index (χ1) is 18.1. The van der Waals surface area contributed by atoms with Crippen molar-refractivity contribution in [2.45, 2.75) is 146 Å². The number of benzene rings is 1. The van der Waals surface area contributed by atoms with E-state index in [-0.39, 0.29) is 27.6 Å². The molecule has 4 heteroatoms. The Morgan fingerprint density at radius 1 is 0.825 bits per heavy atom. The van der Waals surface area contributed by atoms with Gasteiger partial charge in [0.15, 0.2) is 0 Å². The van der Waals surface area contributed by atoms with Crippen molar-refractivity contribution in [3.8, 4) is 0 Å². The summed E-state index contributed by atoms with van der Waals surface area (Å²) in [5.74, 6) is -0.374. The molecule has 1 fully saturated rings. The Bertz CT molecular complexity index is 1080. The molecular formula is C36H59O3P. The van der Waals surface area contributed by atoms with Crippen molar-refractivity contribution in [2.24, 2.45) is 22.7 Å². The number of hydrogen-bond acceptors (Lipinski definition) is 3. The van der Waals surface area contributed by atoms with Gasteiger partial charge in [-0.2, -0.15) is 0 Å². The molecule has 226 valence electrons. The molecule has 0 radical (unpaired) electrons. The van der Waals surface area contributed by atoms with E-state index in [2.05, 4.69) is 121 Å². The van der Waals surface area contributed by atoms with E-state index >= 15 is 0 Å². The van der Waals surface area contributed by atoms with Crippen LogP contribution in [0.4, 0.5) is 0 Å². The number of rotatable bonds is 7. The lowest BCUT2D eigenvalue weighted by Gasteiger charge is -2.57. The van der Waals surface area contributed by atoms with E-state index in [1.165, 1.54) is 48.0 Å². The van der Waals surface area contributed by atoms with Crippen LogP contribution in [0.5, 0.6) is 0 Å². The van der Waals surface area contributed by atoms with Gasteiger partial charge in [-0.3, -0.25) is 9.05 Å². The van der Waals surface area contributed by atoms with Crippen LogP contribution in [-0.4, -0.2) is 10.7 Å². The number of unbranched alkanes of at least 4 members (excludes halogenated alkanes) is 1. The van der Waals surface area contributed by atoms with Crippen LogP contribution in [0.25, 0.3) is 5.57 Å². The molecule has 1 heterocycles. The predicted molar refractivity (Wildman–Crippen MR) is 173 cm³/mol. The highest BCUT2D eigenvalue weighted by Crippen LogP contribution is 2.68. The second-order valence-corrected chi connectivity index (χ2v) is 17.4. The Labute approximate surface area is 248 Å². The molecule has 0 bridgehead atoms. The molecule has 1 N–H and O–H groups in total. The highest BCUT2D eigenvalue weighted by atomic mass is 31.2. The third kappa shape index (κ3) is 6.96. The molecule has 2 unspecified atom stereocenters. The fourth-order valence-corrected chi connectivity index (χ4v) is 7.41. The van der Waals surface area contributed by atoms with E-state index in [1.807, 2.05) is 0 Å². The van der Waals surface area contributed by atoms with Crippen molar-refractivity contribution in [2.75, 3.05) is 0 Å². The van der Waals surface area contributed by atoms with Crippen LogP contribution in [0.3, 0.4) is 0 Å². The Balaban J connectivity index is 2.40. The van der Waals surface area contributed by atoms with Gasteiger partial charge in [-0.25, -0.2) is 0 Å². The summed E-state index contributed by atoms with van der Waals surface area (Å²) in [4.78, 5) is 10.6. The van der Waals surface area contributed by atoms with E-state index in [0.717, 1.165) is 17.6 Å². The van der Waals surface area contributed by atoms with E-state index in [1.54, 1.807) is 0 Å². The molecule has 1 aliphatic heterocycles. The summed E-state index contributed by atoms with van der Waals surface area (Å²) >= 11 is 0. The van der Waals surface area contributed by atoms with Gasteiger partial charge in [-0.1, -0.05) is 146 Å². The third-order valence-electron chi connectivity index (χ3n) is 8.87. The van der Waals surface area contributed by atoms with E-state index in [4.69, 9.17) is 9.05 Å². The third-order valence-corrected chi connectivity index (χ3v) is 9.72. The molecule has 0 aromatic heterocycles. The molecule has 3 nitrogen and oxygen atoms in total. The van der Waals surface area contributed by atoms with Gasteiger partial charge < -0.3 is 4.89 Å². The second-order valence-electron chi connectivity index (χ2n) is 16.6. The van der Waals surface area contributed by atoms with Crippen LogP contribution in [0, 0.1) is 22.7 Å². The zero-order valence-corrected chi connectivity index (χ0v) is 29.1. The highest BCUT2D eigenvalue weighted by Gasteiger charge is 2.63. The average Bonchev–Trinajstić information content (AvgIpc) is 2.77. The molecular weight excluding hydrogens is 511 g/mol. The summed E-state index contributed by atoms with van der Waals surface area (Å²) in [5, 5.41) is 0. The van der Waals surface area contributed by atoms with Crippen molar-refractivity contribution in [1.29, 1.82) is 0 Å². The maximum atomic E-state index is 10.6. The minimum Gasteiger partial charge on any atom is -0.328 e. The lowest BCUT2D eigenvalue weighted by molar-refractivity contribution is -0.201. The molecule has 1 spiro atoms. The van der Waals surface area contributed by atoms with Gasteiger partial charge in [0.05, 0.1) is 0 Å². The van der Waals surface area contributed by atoms with Crippen LogP contribution < -0.4 is 0 Å². The van der Waals surface area contributed by atoms with Crippen molar-refractivity contribution >= 4 is 14.2 Å². The monoisotopic (exact) mass is 570 g/mol. The van der Waals surface area contributed by atoms with Crippen LogP contribution in [0.2, 0.25) is 0 Å². The Morgan fingerprint density at radius 3 is 1.73 bits per heavy atom. The first-order valence-corrected chi connectivity index (χ1v) is 16.8. The van der Waals surface area contributed by atoms with E-state index in [9.17, 15) is 4.89 Å². The summed E-state index contributed by atoms with van der Waals surface area (Å²) in [6, 6.07) is 7.05. The van der Waals surface area contributed by atoms with Crippen LogP contribution in [0.15, 0.2) is 35.4 Å². The molecule has 3 rings (SSSR count). The van der Waals surface area contributed by atoms with Crippen molar-refractivity contribution < 1.29 is 13.9 Å². The first-order valence-electron chi connectivity index (χ1n) is 15.6. The standard InChI is InChI=1S/C36H59O3P/c1-15-17-18-24(16-2)19-28-30(34(9,10)11)23-29(36(38-40(37)39-36)31(28)35(12,13)14)25-20-26(32(3,4)5)22-27(21-25)33(6,7)8/h20-24,31,37H,15-19H2,1-14H3. The van der Waals surface area contributed by atoms with Gasteiger partial charge in [0.25, 0.3) is 0 Å². The van der Waals surface area contributed by atoms with Gasteiger partial charge in [0.1, 0.15) is 0 Å². The minimum absolute atomic E-state index is 0.00572. The van der Waals surface area contributed by atoms with E-state index in [0.29, 0.717) is 5.92 Å². The van der Waals surface area contributed by atoms with E-state index < -0.39 is 14.4 Å². The second kappa shape index (κ2) is 11.6. The molecule has 40 heavy (non-hydrogen) atoms. The highest BCUT2D eigenvalue weighted by molar-refractivity contribution is 7.41. The summed E-state index contributed by atoms with van der Waals surface area (Å²) in [6.07, 6.45) is 8.32. The fraction of sp³-hybridized carbons (Fsp3) is 0.722. The number of hydrogen-bond donors (Lipinski definition) is 1. The van der Waals surface area contributed by atoms with Gasteiger partial charge in [0, 0.05) is 11.5 Å². The SMILES string of the molecule is CCCCC(CC)CC1=C(C(C)(C)C)C=C(c2cc(C(C)(C)C)cc(C(C)(C)C)c2)C2(OP(O)O2)C1C(C)(C)C. The Kier molecular flexibility index (Phi) is 9.71. The fourth-order valence-electron chi connectivity index (χ4n) is 6.53. The van der Waals surface area contributed by atoms with Gasteiger partial charge in [-0.15, -0.1) is 0 Å². The largest absolute Gasteiger partial charge is 0.335 e. The van der Waals surface area contributed by atoms with Gasteiger partial charge in [0.2, 0.25) is 5.79 Å². The van der Waals surface area contributed by atoms with Gasteiger partial charge in [-0.05, 0) is 62.3 Å². The molecule has 1 saturated heterocycles. The first kappa shape index (κ1) is 33.5. The Hall–Kier alpha value is -0.990. The van der Waals surface area contributed by atoms with Crippen LogP contribution in [0.1, 0.15) is 146 Å². The molecule has 2 aliphatic rings. The topological polar surface area (TPSA) is 38.7 Å². The average molecular weight is 571 g/mol. The minimum atomic E-state index is -1.90. The van der Waals surface area contributed by atoms with Crippen molar-refractivity contribution in [1.82, 2.24) is 0 Å². The lowest BCUT2D eigenvalue weighted by atomic mass is 9.60. The number of allylic oxidation sites excluding steroid dienone is 2. The molecule has 2 atom stereocenters.